The van der Waals surface area contributed by atoms with Gasteiger partial charge in [-0.15, -0.1) is 0 Å². The van der Waals surface area contributed by atoms with Crippen LogP contribution in [-0.2, 0) is 4.79 Å². The molecule has 1 aliphatic carbocycles. The summed E-state index contributed by atoms with van der Waals surface area (Å²) in [6.45, 7) is 2.70. The Bertz CT molecular complexity index is 572. The molecule has 4 rings (SSSR count). The average Bonchev–Trinajstić information content (AvgIpc) is 2.92. The van der Waals surface area contributed by atoms with Crippen LogP contribution in [0.4, 0.5) is 5.69 Å². The number of amides is 1. The van der Waals surface area contributed by atoms with Gasteiger partial charge in [-0.05, 0) is 43.2 Å². The third kappa shape index (κ3) is 1.79. The van der Waals surface area contributed by atoms with Gasteiger partial charge in [0.15, 0.2) is 0 Å². The smallest absolute Gasteiger partial charge is 0.291 e. The van der Waals surface area contributed by atoms with Crippen molar-refractivity contribution in [3.05, 3.63) is 29.8 Å². The molecule has 3 aliphatic rings. The predicted molar refractivity (Wildman–Crippen MR) is 75.5 cm³/mol. The maximum atomic E-state index is 12.2. The normalized spacial score (nSPS) is 29.1. The number of hydrogen-bond acceptors (Lipinski definition) is 3. The predicted octanol–water partition coefficient (Wildman–Crippen LogP) is 1.91. The first-order chi connectivity index (χ1) is 9.72. The number of ketones is 1. The van der Waals surface area contributed by atoms with Gasteiger partial charge in [-0.1, -0.05) is 12.1 Å². The third-order valence-corrected chi connectivity index (χ3v) is 4.90. The highest BCUT2D eigenvalue weighted by atomic mass is 16.2. The molecule has 2 atom stereocenters. The second kappa shape index (κ2) is 4.42. The van der Waals surface area contributed by atoms with Crippen molar-refractivity contribution in [2.24, 2.45) is 11.8 Å². The molecule has 1 aromatic rings. The molecule has 0 spiro atoms. The van der Waals surface area contributed by atoms with Crippen molar-refractivity contribution in [1.29, 1.82) is 0 Å². The summed E-state index contributed by atoms with van der Waals surface area (Å²) in [5, 5.41) is 0. The zero-order valence-corrected chi connectivity index (χ0v) is 11.4. The number of carbonyl (C=O) groups excluding carboxylic acids is 2. The molecule has 0 radical (unpaired) electrons. The summed E-state index contributed by atoms with van der Waals surface area (Å²) >= 11 is 0. The van der Waals surface area contributed by atoms with Gasteiger partial charge in [0.1, 0.15) is 0 Å². The number of hydrogen-bond donors (Lipinski definition) is 0. The first-order valence-electron chi connectivity index (χ1n) is 7.40. The van der Waals surface area contributed by atoms with Gasteiger partial charge < -0.3 is 0 Å². The molecule has 2 unspecified atom stereocenters. The summed E-state index contributed by atoms with van der Waals surface area (Å²) in [5.74, 6) is 0.847. The molecule has 0 N–H and O–H groups in total. The first-order valence-corrected chi connectivity index (χ1v) is 7.40. The Hall–Kier alpha value is -1.68. The van der Waals surface area contributed by atoms with E-state index in [1.165, 1.54) is 19.3 Å². The van der Waals surface area contributed by atoms with Crippen molar-refractivity contribution in [3.8, 4) is 0 Å². The third-order valence-electron chi connectivity index (χ3n) is 4.90. The van der Waals surface area contributed by atoms with Crippen LogP contribution >= 0.6 is 0 Å². The topological polar surface area (TPSA) is 40.6 Å². The minimum Gasteiger partial charge on any atom is -0.291 e. The molecule has 2 heterocycles. The van der Waals surface area contributed by atoms with Gasteiger partial charge in [0, 0.05) is 13.1 Å². The Morgan fingerprint density at radius 2 is 1.75 bits per heavy atom. The van der Waals surface area contributed by atoms with Crippen molar-refractivity contribution < 1.29 is 9.59 Å². The molecule has 4 nitrogen and oxygen atoms in total. The highest BCUT2D eigenvalue weighted by molar-refractivity contribution is 6.52. The molecule has 2 aliphatic heterocycles. The van der Waals surface area contributed by atoms with Crippen LogP contribution in [-0.4, -0.2) is 36.3 Å². The zero-order valence-electron chi connectivity index (χ0n) is 11.4. The molecule has 0 aromatic heterocycles. The van der Waals surface area contributed by atoms with Crippen molar-refractivity contribution in [3.63, 3.8) is 0 Å². The Balaban J connectivity index is 1.57. The Morgan fingerprint density at radius 1 is 1.05 bits per heavy atom. The molecule has 1 amide bonds. The van der Waals surface area contributed by atoms with Crippen LogP contribution in [0.25, 0.3) is 0 Å². The molecule has 2 bridgehead atoms. The number of fused-ring (bicyclic) bond motifs is 3. The molecule has 4 heteroatoms. The molecule has 104 valence electrons. The fourth-order valence-corrected chi connectivity index (χ4v) is 4.02. The van der Waals surface area contributed by atoms with Crippen molar-refractivity contribution in [1.82, 2.24) is 4.90 Å². The van der Waals surface area contributed by atoms with Crippen molar-refractivity contribution in [2.45, 2.75) is 19.3 Å². The standard InChI is InChI=1S/C16H18N2O2/c19-15-13-3-1-2-4-14(13)18(16(15)20)10-17-8-11-5-6-12(7-11)9-17/h1-4,11-12H,5-10H2. The summed E-state index contributed by atoms with van der Waals surface area (Å²) in [4.78, 5) is 28.1. The fraction of sp³-hybridized carbons (Fsp3) is 0.500. The maximum absolute atomic E-state index is 12.2. The quantitative estimate of drug-likeness (QED) is 0.771. The van der Waals surface area contributed by atoms with Gasteiger partial charge in [-0.3, -0.25) is 19.4 Å². The van der Waals surface area contributed by atoms with Gasteiger partial charge in [0.05, 0.1) is 17.9 Å². The van der Waals surface area contributed by atoms with E-state index in [-0.39, 0.29) is 11.7 Å². The minimum atomic E-state index is -0.371. The highest BCUT2D eigenvalue weighted by Crippen LogP contribution is 2.37. The van der Waals surface area contributed by atoms with Gasteiger partial charge in [-0.25, -0.2) is 0 Å². The van der Waals surface area contributed by atoms with Crippen molar-refractivity contribution >= 4 is 17.4 Å². The lowest BCUT2D eigenvalue weighted by Gasteiger charge is -2.34. The van der Waals surface area contributed by atoms with E-state index in [9.17, 15) is 9.59 Å². The second-order valence-electron chi connectivity index (χ2n) is 6.30. The summed E-state index contributed by atoms with van der Waals surface area (Å²) < 4.78 is 0. The SMILES string of the molecule is O=C1C(=O)N(CN2CC3CCC(C3)C2)c2ccccc21. The molecule has 1 saturated heterocycles. The number of carbonyl (C=O) groups is 2. The Morgan fingerprint density at radius 3 is 2.50 bits per heavy atom. The van der Waals surface area contributed by atoms with E-state index in [1.807, 2.05) is 18.2 Å². The van der Waals surface area contributed by atoms with Crippen LogP contribution in [0, 0.1) is 11.8 Å². The molecule has 1 saturated carbocycles. The zero-order chi connectivity index (χ0) is 13.7. The van der Waals surface area contributed by atoms with E-state index >= 15 is 0 Å². The number of rotatable bonds is 2. The molecule has 2 fully saturated rings. The van der Waals surface area contributed by atoms with Crippen LogP contribution in [0.2, 0.25) is 0 Å². The molecular weight excluding hydrogens is 252 g/mol. The highest BCUT2D eigenvalue weighted by Gasteiger charge is 2.39. The Labute approximate surface area is 118 Å². The fourth-order valence-electron chi connectivity index (χ4n) is 4.02. The number of piperidine rings is 1. The van der Waals surface area contributed by atoms with Crippen LogP contribution in [0.1, 0.15) is 29.6 Å². The lowest BCUT2D eigenvalue weighted by atomic mass is 9.99. The van der Waals surface area contributed by atoms with E-state index in [0.29, 0.717) is 12.2 Å². The monoisotopic (exact) mass is 270 g/mol. The summed E-state index contributed by atoms with van der Waals surface area (Å²) in [7, 11) is 0. The number of anilines is 1. The number of Topliss-reactive ketones (excluding diaryl/α,β-unsaturated/α-hetero) is 1. The molecule has 20 heavy (non-hydrogen) atoms. The first kappa shape index (κ1) is 12.1. The summed E-state index contributed by atoms with van der Waals surface area (Å²) in [6, 6.07) is 7.32. The number of para-hydroxylation sites is 1. The molecule has 1 aromatic carbocycles. The summed E-state index contributed by atoms with van der Waals surface area (Å²) in [6.07, 6.45) is 4.00. The van der Waals surface area contributed by atoms with Crippen LogP contribution in [0.15, 0.2) is 24.3 Å². The van der Waals surface area contributed by atoms with Gasteiger partial charge in [0.2, 0.25) is 0 Å². The lowest BCUT2D eigenvalue weighted by molar-refractivity contribution is -0.114. The van der Waals surface area contributed by atoms with Crippen LogP contribution < -0.4 is 4.90 Å². The van der Waals surface area contributed by atoms with E-state index in [4.69, 9.17) is 0 Å². The van der Waals surface area contributed by atoms with E-state index in [0.717, 1.165) is 30.6 Å². The number of nitrogens with zero attached hydrogens (tertiary/aromatic N) is 2. The van der Waals surface area contributed by atoms with Crippen molar-refractivity contribution in [2.75, 3.05) is 24.7 Å². The van der Waals surface area contributed by atoms with Gasteiger partial charge in [-0.2, -0.15) is 0 Å². The Kier molecular flexibility index (Phi) is 2.67. The molecular formula is C16H18N2O2. The van der Waals surface area contributed by atoms with Gasteiger partial charge in [0.25, 0.3) is 5.78 Å². The van der Waals surface area contributed by atoms with E-state index < -0.39 is 0 Å². The largest absolute Gasteiger partial charge is 0.300 e. The average molecular weight is 270 g/mol. The minimum absolute atomic E-state index is 0.361. The van der Waals surface area contributed by atoms with E-state index in [2.05, 4.69) is 4.90 Å². The number of benzene rings is 1. The van der Waals surface area contributed by atoms with Crippen LogP contribution in [0.3, 0.4) is 0 Å². The lowest BCUT2D eigenvalue weighted by Crippen LogP contribution is -2.45. The second-order valence-corrected chi connectivity index (χ2v) is 6.30. The van der Waals surface area contributed by atoms with Gasteiger partial charge >= 0.3 is 5.91 Å². The van der Waals surface area contributed by atoms with E-state index in [1.54, 1.807) is 11.0 Å². The van der Waals surface area contributed by atoms with Crippen LogP contribution in [0.5, 0.6) is 0 Å². The summed E-state index contributed by atoms with van der Waals surface area (Å²) in [5.41, 5.74) is 1.33. The maximum Gasteiger partial charge on any atom is 0.300 e. The number of likely N-dealkylation sites (tertiary alicyclic amines) is 1.